The molecule has 0 atom stereocenters. The number of hydrogen-bond donors (Lipinski definition) is 2. The number of amides is 2. The quantitative estimate of drug-likeness (QED) is 0.610. The summed E-state index contributed by atoms with van der Waals surface area (Å²) in [6.45, 7) is 12.5. The molecular formula is C13H29N3O. The summed E-state index contributed by atoms with van der Waals surface area (Å²) < 4.78 is 0. The van der Waals surface area contributed by atoms with Crippen molar-refractivity contribution in [2.45, 2.75) is 53.0 Å². The van der Waals surface area contributed by atoms with E-state index in [4.69, 9.17) is 0 Å². The first-order valence-electron chi connectivity index (χ1n) is 6.94. The molecular weight excluding hydrogens is 214 g/mol. The monoisotopic (exact) mass is 243 g/mol. The van der Waals surface area contributed by atoms with E-state index in [2.05, 4.69) is 43.2 Å². The number of urea groups is 1. The molecule has 0 aliphatic rings. The van der Waals surface area contributed by atoms with E-state index in [0.29, 0.717) is 6.04 Å². The van der Waals surface area contributed by atoms with Gasteiger partial charge in [-0.25, -0.2) is 4.79 Å². The lowest BCUT2D eigenvalue weighted by Crippen LogP contribution is -2.42. The maximum absolute atomic E-state index is 11.5. The molecule has 4 heteroatoms. The van der Waals surface area contributed by atoms with Crippen molar-refractivity contribution in [3.63, 3.8) is 0 Å². The van der Waals surface area contributed by atoms with Crippen LogP contribution in [0.2, 0.25) is 0 Å². The summed E-state index contributed by atoms with van der Waals surface area (Å²) in [6.07, 6.45) is 2.99. The Balaban J connectivity index is 3.57. The summed E-state index contributed by atoms with van der Waals surface area (Å²) in [7, 11) is 0. The molecule has 0 saturated heterocycles. The molecule has 0 aromatic rings. The van der Waals surface area contributed by atoms with Crippen LogP contribution in [0.5, 0.6) is 0 Å². The predicted octanol–water partition coefficient (Wildman–Crippen LogP) is 2.21. The van der Waals surface area contributed by atoms with Gasteiger partial charge in [0.05, 0.1) is 0 Å². The van der Waals surface area contributed by atoms with E-state index < -0.39 is 0 Å². The van der Waals surface area contributed by atoms with Crippen molar-refractivity contribution >= 4 is 6.03 Å². The van der Waals surface area contributed by atoms with Crippen LogP contribution >= 0.6 is 0 Å². The molecule has 0 saturated carbocycles. The highest BCUT2D eigenvalue weighted by molar-refractivity contribution is 5.74. The van der Waals surface area contributed by atoms with Crippen molar-refractivity contribution in [3.05, 3.63) is 0 Å². The summed E-state index contributed by atoms with van der Waals surface area (Å²) in [5.74, 6) is 0. The van der Waals surface area contributed by atoms with Gasteiger partial charge < -0.3 is 15.5 Å². The molecule has 0 aromatic carbocycles. The van der Waals surface area contributed by atoms with Crippen LogP contribution in [0.15, 0.2) is 0 Å². The van der Waals surface area contributed by atoms with Gasteiger partial charge in [0.15, 0.2) is 0 Å². The van der Waals surface area contributed by atoms with Gasteiger partial charge in [-0.15, -0.1) is 0 Å². The molecule has 0 unspecified atom stereocenters. The Bertz CT molecular complexity index is 189. The van der Waals surface area contributed by atoms with Gasteiger partial charge in [-0.1, -0.05) is 27.7 Å². The fourth-order valence-electron chi connectivity index (χ4n) is 1.77. The minimum atomic E-state index is -0.0294. The van der Waals surface area contributed by atoms with Crippen LogP contribution < -0.4 is 10.6 Å². The molecule has 0 aliphatic heterocycles. The minimum absolute atomic E-state index is 0.0294. The fourth-order valence-corrected chi connectivity index (χ4v) is 1.77. The number of nitrogens with zero attached hydrogens (tertiary/aromatic N) is 1. The zero-order valence-corrected chi connectivity index (χ0v) is 11.9. The van der Waals surface area contributed by atoms with Crippen molar-refractivity contribution < 1.29 is 4.79 Å². The SMILES string of the molecule is CCC(CC)NC(=O)NCCCN(CC)CC. The highest BCUT2D eigenvalue weighted by atomic mass is 16.2. The minimum Gasteiger partial charge on any atom is -0.338 e. The summed E-state index contributed by atoms with van der Waals surface area (Å²) in [5, 5.41) is 5.88. The van der Waals surface area contributed by atoms with Gasteiger partial charge in [-0.05, 0) is 38.9 Å². The normalized spacial score (nSPS) is 10.9. The second-order valence-corrected chi connectivity index (χ2v) is 4.29. The Morgan fingerprint density at radius 1 is 1.12 bits per heavy atom. The van der Waals surface area contributed by atoms with Crippen LogP contribution in [0.1, 0.15) is 47.0 Å². The molecule has 0 aliphatic carbocycles. The number of carbonyl (C=O) groups excluding carboxylic acids is 1. The third-order valence-corrected chi connectivity index (χ3v) is 3.15. The summed E-state index contributed by atoms with van der Waals surface area (Å²) in [4.78, 5) is 13.9. The first-order valence-corrected chi connectivity index (χ1v) is 6.94. The van der Waals surface area contributed by atoms with Crippen molar-refractivity contribution in [1.29, 1.82) is 0 Å². The lowest BCUT2D eigenvalue weighted by Gasteiger charge is -2.18. The van der Waals surface area contributed by atoms with E-state index in [9.17, 15) is 4.79 Å². The first-order chi connectivity index (χ1) is 8.17. The third-order valence-electron chi connectivity index (χ3n) is 3.15. The number of carbonyl (C=O) groups is 1. The molecule has 2 N–H and O–H groups in total. The lowest BCUT2D eigenvalue weighted by atomic mass is 10.2. The summed E-state index contributed by atoms with van der Waals surface area (Å²) in [5.41, 5.74) is 0. The van der Waals surface area contributed by atoms with Gasteiger partial charge in [-0.2, -0.15) is 0 Å². The molecule has 0 aromatic heterocycles. The highest BCUT2D eigenvalue weighted by Crippen LogP contribution is 1.95. The van der Waals surface area contributed by atoms with E-state index in [1.165, 1.54) is 0 Å². The molecule has 0 heterocycles. The molecule has 0 rings (SSSR count). The number of nitrogens with one attached hydrogen (secondary N) is 2. The molecule has 17 heavy (non-hydrogen) atoms. The average molecular weight is 243 g/mol. The third kappa shape index (κ3) is 8.02. The van der Waals surface area contributed by atoms with Crippen LogP contribution in [0.3, 0.4) is 0 Å². The number of rotatable bonds is 9. The Hall–Kier alpha value is -0.770. The van der Waals surface area contributed by atoms with Gasteiger partial charge in [0.2, 0.25) is 0 Å². The Labute approximate surface area is 106 Å². The molecule has 2 amide bonds. The molecule has 0 bridgehead atoms. The van der Waals surface area contributed by atoms with Gasteiger partial charge >= 0.3 is 6.03 Å². The second kappa shape index (κ2) is 10.4. The van der Waals surface area contributed by atoms with E-state index >= 15 is 0 Å². The Morgan fingerprint density at radius 2 is 1.71 bits per heavy atom. The molecule has 0 spiro atoms. The van der Waals surface area contributed by atoms with Crippen molar-refractivity contribution in [2.75, 3.05) is 26.2 Å². The smallest absolute Gasteiger partial charge is 0.315 e. The average Bonchev–Trinajstić information content (AvgIpc) is 2.36. The number of hydrogen-bond acceptors (Lipinski definition) is 2. The zero-order chi connectivity index (χ0) is 13.1. The summed E-state index contributed by atoms with van der Waals surface area (Å²) in [6, 6.07) is 0.274. The van der Waals surface area contributed by atoms with Crippen molar-refractivity contribution in [1.82, 2.24) is 15.5 Å². The largest absolute Gasteiger partial charge is 0.338 e. The fraction of sp³-hybridized carbons (Fsp3) is 0.923. The molecule has 4 nitrogen and oxygen atoms in total. The highest BCUT2D eigenvalue weighted by Gasteiger charge is 2.07. The Kier molecular flexibility index (Phi) is 9.92. The van der Waals surface area contributed by atoms with Crippen LogP contribution in [0, 0.1) is 0 Å². The predicted molar refractivity (Wildman–Crippen MR) is 73.3 cm³/mol. The topological polar surface area (TPSA) is 44.4 Å². The van der Waals surface area contributed by atoms with E-state index in [0.717, 1.165) is 45.4 Å². The second-order valence-electron chi connectivity index (χ2n) is 4.29. The van der Waals surface area contributed by atoms with Crippen LogP contribution in [0.4, 0.5) is 4.79 Å². The molecule has 0 radical (unpaired) electrons. The zero-order valence-electron chi connectivity index (χ0n) is 11.9. The molecule has 0 fully saturated rings. The van der Waals surface area contributed by atoms with Gasteiger partial charge in [0, 0.05) is 12.6 Å². The summed E-state index contributed by atoms with van der Waals surface area (Å²) >= 11 is 0. The van der Waals surface area contributed by atoms with Crippen LogP contribution in [-0.2, 0) is 0 Å². The van der Waals surface area contributed by atoms with Crippen molar-refractivity contribution in [3.8, 4) is 0 Å². The Morgan fingerprint density at radius 3 is 2.18 bits per heavy atom. The maximum atomic E-state index is 11.5. The van der Waals surface area contributed by atoms with Gasteiger partial charge in [0.1, 0.15) is 0 Å². The standard InChI is InChI=1S/C13H29N3O/c1-5-12(6-2)15-13(17)14-10-9-11-16(7-3)8-4/h12H,5-11H2,1-4H3,(H2,14,15,17). The van der Waals surface area contributed by atoms with Gasteiger partial charge in [0.25, 0.3) is 0 Å². The molecule has 102 valence electrons. The van der Waals surface area contributed by atoms with Gasteiger partial charge in [-0.3, -0.25) is 0 Å². The maximum Gasteiger partial charge on any atom is 0.315 e. The van der Waals surface area contributed by atoms with E-state index in [1.54, 1.807) is 0 Å². The van der Waals surface area contributed by atoms with E-state index in [-0.39, 0.29) is 6.03 Å². The first kappa shape index (κ1) is 16.2. The lowest BCUT2D eigenvalue weighted by molar-refractivity contribution is 0.234. The van der Waals surface area contributed by atoms with Crippen LogP contribution in [-0.4, -0.2) is 43.2 Å². The van der Waals surface area contributed by atoms with Crippen molar-refractivity contribution in [2.24, 2.45) is 0 Å². The van der Waals surface area contributed by atoms with Crippen LogP contribution in [0.25, 0.3) is 0 Å². The van der Waals surface area contributed by atoms with E-state index in [1.807, 2.05) is 0 Å².